The van der Waals surface area contributed by atoms with Crippen LogP contribution in [0.1, 0.15) is 68.2 Å². The van der Waals surface area contributed by atoms with E-state index >= 15 is 0 Å². The molecule has 0 saturated heterocycles. The van der Waals surface area contributed by atoms with E-state index in [4.69, 9.17) is 0 Å². The van der Waals surface area contributed by atoms with E-state index in [0.717, 1.165) is 11.8 Å². The average molecular weight is 722 g/mol. The summed E-state index contributed by atoms with van der Waals surface area (Å²) < 4.78 is 0. The van der Waals surface area contributed by atoms with Gasteiger partial charge < -0.3 is 4.90 Å². The van der Waals surface area contributed by atoms with E-state index in [2.05, 4.69) is 183 Å². The first-order valence-corrected chi connectivity index (χ1v) is 21.0. The van der Waals surface area contributed by atoms with Crippen molar-refractivity contribution in [1.82, 2.24) is 0 Å². The van der Waals surface area contributed by atoms with Crippen molar-refractivity contribution >= 4 is 17.1 Å². The third-order valence-corrected chi connectivity index (χ3v) is 15.1. The van der Waals surface area contributed by atoms with Gasteiger partial charge in [-0.2, -0.15) is 0 Å². The number of anilines is 3. The Hall–Kier alpha value is -5.66. The van der Waals surface area contributed by atoms with Gasteiger partial charge in [0.25, 0.3) is 0 Å². The molecular formula is C55H47N. The van der Waals surface area contributed by atoms with E-state index in [9.17, 15) is 0 Å². The van der Waals surface area contributed by atoms with Gasteiger partial charge in [0, 0.05) is 27.6 Å². The Balaban J connectivity index is 1.17. The summed E-state index contributed by atoms with van der Waals surface area (Å²) in [4.78, 5) is 2.65. The Labute approximate surface area is 331 Å². The minimum Gasteiger partial charge on any atom is -0.309 e. The summed E-state index contributed by atoms with van der Waals surface area (Å²) in [6.45, 7) is 4.77. The molecule has 4 fully saturated rings. The molecule has 0 radical (unpaired) electrons. The number of hydrogen-bond donors (Lipinski definition) is 0. The van der Waals surface area contributed by atoms with Gasteiger partial charge in [-0.3, -0.25) is 0 Å². The highest BCUT2D eigenvalue weighted by Crippen LogP contribution is 2.70. The molecule has 272 valence electrons. The summed E-state index contributed by atoms with van der Waals surface area (Å²) in [5.41, 5.74) is 20.3. The van der Waals surface area contributed by atoms with Crippen molar-refractivity contribution in [3.63, 3.8) is 0 Å². The van der Waals surface area contributed by atoms with E-state index in [-0.39, 0.29) is 10.8 Å². The molecule has 0 amide bonds. The zero-order valence-electron chi connectivity index (χ0n) is 32.4. The molecule has 0 heterocycles. The summed E-state index contributed by atoms with van der Waals surface area (Å²) in [5, 5.41) is 0. The van der Waals surface area contributed by atoms with Gasteiger partial charge in [0.15, 0.2) is 0 Å². The second-order valence-electron chi connectivity index (χ2n) is 18.1. The van der Waals surface area contributed by atoms with Gasteiger partial charge in [0.1, 0.15) is 0 Å². The van der Waals surface area contributed by atoms with Crippen molar-refractivity contribution in [3.05, 3.63) is 186 Å². The highest BCUT2D eigenvalue weighted by molar-refractivity contribution is 6.02. The number of nitrogens with zero attached hydrogens (tertiary/aromatic N) is 1. The Morgan fingerprint density at radius 3 is 1.66 bits per heavy atom. The molecule has 56 heavy (non-hydrogen) atoms. The van der Waals surface area contributed by atoms with Crippen LogP contribution in [0, 0.1) is 23.7 Å². The lowest BCUT2D eigenvalue weighted by molar-refractivity contribution is -0.0399. The molecule has 0 aromatic heterocycles. The van der Waals surface area contributed by atoms with Crippen LogP contribution in [0.5, 0.6) is 0 Å². The molecule has 0 unspecified atom stereocenters. The molecule has 4 saturated carbocycles. The highest BCUT2D eigenvalue weighted by atomic mass is 15.1. The van der Waals surface area contributed by atoms with E-state index < -0.39 is 0 Å². The predicted octanol–water partition coefficient (Wildman–Crippen LogP) is 14.5. The van der Waals surface area contributed by atoms with Gasteiger partial charge in [-0.25, -0.2) is 0 Å². The summed E-state index contributed by atoms with van der Waals surface area (Å²) in [6.07, 6.45) is 6.99. The molecule has 6 aliphatic rings. The average Bonchev–Trinajstić information content (AvgIpc) is 3.66. The minimum absolute atomic E-state index is 0.0590. The highest BCUT2D eigenvalue weighted by Gasteiger charge is 2.62. The maximum absolute atomic E-state index is 2.65. The zero-order valence-corrected chi connectivity index (χ0v) is 32.4. The van der Waals surface area contributed by atoms with E-state index in [0.29, 0.717) is 11.8 Å². The van der Waals surface area contributed by atoms with Crippen molar-refractivity contribution in [3.8, 4) is 44.5 Å². The van der Waals surface area contributed by atoms with Gasteiger partial charge in [-0.15, -0.1) is 0 Å². The maximum Gasteiger partial charge on any atom is 0.0546 e. The van der Waals surface area contributed by atoms with Crippen LogP contribution in [0.2, 0.25) is 0 Å². The summed E-state index contributed by atoms with van der Waals surface area (Å²) in [5.74, 6) is 3.24. The third-order valence-electron chi connectivity index (χ3n) is 15.1. The Morgan fingerprint density at radius 1 is 0.411 bits per heavy atom. The van der Waals surface area contributed by atoms with E-state index in [1.165, 1.54) is 105 Å². The van der Waals surface area contributed by atoms with Gasteiger partial charge in [0.05, 0.1) is 11.4 Å². The van der Waals surface area contributed by atoms with Crippen LogP contribution >= 0.6 is 0 Å². The lowest BCUT2D eigenvalue weighted by atomic mass is 9.43. The van der Waals surface area contributed by atoms with Crippen LogP contribution in [0.3, 0.4) is 0 Å². The minimum atomic E-state index is -0.0590. The van der Waals surface area contributed by atoms with Crippen LogP contribution < -0.4 is 4.90 Å². The van der Waals surface area contributed by atoms with E-state index in [1.54, 1.807) is 11.1 Å². The number of rotatable bonds is 5. The third kappa shape index (κ3) is 4.38. The fraction of sp³-hybridized carbons (Fsp3) is 0.236. The SMILES string of the molecule is CC1(C)c2ccccc2-c2cc(N(c3cccc(-c4ccccc4)c3-c3ccccc3)c3cccc4c3-c3ccccc3C43C4CC5CC(C4)CC3C5)ccc21. The molecule has 7 aromatic rings. The Kier molecular flexibility index (Phi) is 6.93. The molecule has 0 N–H and O–H groups in total. The molecule has 1 nitrogen and oxygen atoms in total. The Bertz CT molecular complexity index is 2660. The first-order chi connectivity index (χ1) is 27.5. The van der Waals surface area contributed by atoms with Crippen LogP contribution in [-0.4, -0.2) is 0 Å². The van der Waals surface area contributed by atoms with Crippen molar-refractivity contribution in [2.45, 2.75) is 56.8 Å². The van der Waals surface area contributed by atoms with Gasteiger partial charge in [-0.05, 0) is 136 Å². The smallest absolute Gasteiger partial charge is 0.0546 e. The second-order valence-corrected chi connectivity index (χ2v) is 18.1. The molecular weight excluding hydrogens is 675 g/mol. The van der Waals surface area contributed by atoms with Crippen molar-refractivity contribution in [1.29, 1.82) is 0 Å². The van der Waals surface area contributed by atoms with Crippen molar-refractivity contribution < 1.29 is 0 Å². The largest absolute Gasteiger partial charge is 0.309 e. The fourth-order valence-corrected chi connectivity index (χ4v) is 13.1. The first-order valence-electron chi connectivity index (χ1n) is 21.0. The fourth-order valence-electron chi connectivity index (χ4n) is 13.1. The summed E-state index contributed by atoms with van der Waals surface area (Å²) in [6, 6.07) is 62.4. The molecule has 1 heteroatoms. The molecule has 0 aliphatic heterocycles. The molecule has 13 rings (SSSR count). The monoisotopic (exact) mass is 721 g/mol. The molecule has 4 bridgehead atoms. The summed E-state index contributed by atoms with van der Waals surface area (Å²) >= 11 is 0. The lowest BCUT2D eigenvalue weighted by Crippen LogP contribution is -2.55. The van der Waals surface area contributed by atoms with Gasteiger partial charge in [-0.1, -0.05) is 153 Å². The molecule has 7 aromatic carbocycles. The number of benzene rings is 7. The zero-order chi connectivity index (χ0) is 37.2. The van der Waals surface area contributed by atoms with Crippen molar-refractivity contribution in [2.24, 2.45) is 23.7 Å². The van der Waals surface area contributed by atoms with Gasteiger partial charge >= 0.3 is 0 Å². The standard InChI is InChI=1S/C55H47N/c1-54(2)46-22-11-9-19-43(46)45-34-41(27-28-47(45)54)56(50-25-13-21-42(37-15-5-3-6-16-37)52(50)38-17-7-4-8-18-38)51-26-14-24-49-53(51)44-20-10-12-23-48(44)55(49)39-30-35-29-36(32-39)33-40(55)31-35/h3-28,34-36,39-40H,29-33H2,1-2H3. The maximum atomic E-state index is 2.65. The van der Waals surface area contributed by atoms with Crippen molar-refractivity contribution in [2.75, 3.05) is 4.90 Å². The van der Waals surface area contributed by atoms with Gasteiger partial charge in [0.2, 0.25) is 0 Å². The predicted molar refractivity (Wildman–Crippen MR) is 233 cm³/mol. The number of hydrogen-bond acceptors (Lipinski definition) is 1. The van der Waals surface area contributed by atoms with Crippen LogP contribution in [-0.2, 0) is 10.8 Å². The molecule has 1 spiro atoms. The van der Waals surface area contributed by atoms with Crippen LogP contribution in [0.25, 0.3) is 44.5 Å². The first kappa shape index (κ1) is 32.6. The Morgan fingerprint density at radius 2 is 0.946 bits per heavy atom. The lowest BCUT2D eigenvalue weighted by Gasteiger charge is -2.61. The normalized spacial score (nSPS) is 24.1. The second kappa shape index (κ2) is 11.9. The quantitative estimate of drug-likeness (QED) is 0.171. The topological polar surface area (TPSA) is 3.24 Å². The van der Waals surface area contributed by atoms with Crippen LogP contribution in [0.4, 0.5) is 17.1 Å². The summed E-state index contributed by atoms with van der Waals surface area (Å²) in [7, 11) is 0. The van der Waals surface area contributed by atoms with E-state index in [1.807, 2.05) is 0 Å². The molecule has 0 atom stereocenters. The van der Waals surface area contributed by atoms with Crippen LogP contribution in [0.15, 0.2) is 164 Å². The molecule has 6 aliphatic carbocycles. The number of fused-ring (bicyclic) bond motifs is 6.